The van der Waals surface area contributed by atoms with Gasteiger partial charge in [0.05, 0.1) is 22.8 Å². The summed E-state index contributed by atoms with van der Waals surface area (Å²) in [6.07, 6.45) is 1.16. The monoisotopic (exact) mass is 360 g/mol. The maximum absolute atomic E-state index is 11.4. The largest absolute Gasteiger partial charge is 0.397 e. The third kappa shape index (κ3) is 3.49. The average Bonchev–Trinajstić information content (AvgIpc) is 2.72. The summed E-state index contributed by atoms with van der Waals surface area (Å²) in [6, 6.07) is 6.70. The molecule has 0 atom stereocenters. The van der Waals surface area contributed by atoms with Crippen molar-refractivity contribution in [1.29, 1.82) is 0 Å². The first-order chi connectivity index (χ1) is 8.88. The van der Waals surface area contributed by atoms with Crippen LogP contribution in [0.5, 0.6) is 0 Å². The van der Waals surface area contributed by atoms with E-state index in [0.29, 0.717) is 12.2 Å². The zero-order valence-electron chi connectivity index (χ0n) is 10.2. The molecule has 0 unspecified atom stereocenters. The summed E-state index contributed by atoms with van der Waals surface area (Å²) in [6.45, 7) is 0.640. The molecule has 0 aliphatic carbocycles. The van der Waals surface area contributed by atoms with Crippen molar-refractivity contribution in [3.05, 3.63) is 39.0 Å². The summed E-state index contributed by atoms with van der Waals surface area (Å²) in [7, 11) is -3.22. The van der Waals surface area contributed by atoms with Gasteiger partial charge in [-0.1, -0.05) is 0 Å². The lowest BCUT2D eigenvalue weighted by Gasteiger charge is -2.10. The summed E-state index contributed by atoms with van der Waals surface area (Å²) >= 11 is 5.09. The van der Waals surface area contributed by atoms with Crippen LogP contribution in [0, 0.1) is 0 Å². The standard InChI is InChI=1S/C12H13BrN2O2S2/c1-19(16,17)8-2-3-11(10(14)6-8)15-7-12-9(13)4-5-18-12/h2-6,15H,7,14H2,1H3. The van der Waals surface area contributed by atoms with Crippen molar-refractivity contribution in [1.82, 2.24) is 0 Å². The predicted octanol–water partition coefficient (Wildman–Crippen LogP) is 3.11. The van der Waals surface area contributed by atoms with Gasteiger partial charge in [-0.2, -0.15) is 0 Å². The fourth-order valence-corrected chi connectivity index (χ4v) is 3.65. The molecule has 0 spiro atoms. The topological polar surface area (TPSA) is 72.2 Å². The summed E-state index contributed by atoms with van der Waals surface area (Å²) in [5, 5.41) is 5.19. The molecule has 0 amide bonds. The summed E-state index contributed by atoms with van der Waals surface area (Å²) in [5.41, 5.74) is 7.02. The molecular formula is C12H13BrN2O2S2. The van der Waals surface area contributed by atoms with E-state index in [9.17, 15) is 8.42 Å². The predicted molar refractivity (Wildman–Crippen MR) is 83.3 cm³/mol. The SMILES string of the molecule is CS(=O)(=O)c1ccc(NCc2sccc2Br)c(N)c1. The van der Waals surface area contributed by atoms with E-state index in [1.165, 1.54) is 6.07 Å². The molecule has 0 saturated heterocycles. The van der Waals surface area contributed by atoms with Gasteiger partial charge in [-0.3, -0.25) is 0 Å². The molecule has 102 valence electrons. The zero-order chi connectivity index (χ0) is 14.0. The van der Waals surface area contributed by atoms with E-state index in [2.05, 4.69) is 21.2 Å². The van der Waals surface area contributed by atoms with Gasteiger partial charge in [0.1, 0.15) is 0 Å². The number of nitrogens with one attached hydrogen (secondary N) is 1. The molecule has 0 radical (unpaired) electrons. The highest BCUT2D eigenvalue weighted by molar-refractivity contribution is 9.10. The highest BCUT2D eigenvalue weighted by Crippen LogP contribution is 2.26. The van der Waals surface area contributed by atoms with Crippen molar-refractivity contribution in [2.24, 2.45) is 0 Å². The lowest BCUT2D eigenvalue weighted by atomic mass is 10.2. The van der Waals surface area contributed by atoms with Gasteiger partial charge in [-0.25, -0.2) is 8.42 Å². The number of hydrogen-bond donors (Lipinski definition) is 2. The van der Waals surface area contributed by atoms with E-state index in [4.69, 9.17) is 5.73 Å². The molecule has 7 heteroatoms. The van der Waals surface area contributed by atoms with Crippen molar-refractivity contribution in [2.75, 3.05) is 17.3 Å². The Morgan fingerprint density at radius 2 is 2.11 bits per heavy atom. The van der Waals surface area contributed by atoms with Crippen molar-refractivity contribution in [3.8, 4) is 0 Å². The Bertz CT molecular complexity index is 696. The molecule has 0 bridgehead atoms. The van der Waals surface area contributed by atoms with Gasteiger partial charge in [-0.15, -0.1) is 11.3 Å². The number of halogens is 1. The van der Waals surface area contributed by atoms with E-state index >= 15 is 0 Å². The van der Waals surface area contributed by atoms with Crippen LogP contribution in [-0.2, 0) is 16.4 Å². The first-order valence-corrected chi connectivity index (χ1v) is 8.99. The Labute approximate surface area is 124 Å². The summed E-state index contributed by atoms with van der Waals surface area (Å²) in [4.78, 5) is 1.39. The molecule has 2 rings (SSSR count). The van der Waals surface area contributed by atoms with Crippen LogP contribution in [0.1, 0.15) is 4.88 Å². The van der Waals surface area contributed by atoms with E-state index in [1.807, 2.05) is 11.4 Å². The molecule has 0 aliphatic rings. The molecule has 3 N–H and O–H groups in total. The van der Waals surface area contributed by atoms with Crippen molar-refractivity contribution < 1.29 is 8.42 Å². The maximum Gasteiger partial charge on any atom is 0.175 e. The van der Waals surface area contributed by atoms with E-state index in [-0.39, 0.29) is 4.90 Å². The fourth-order valence-electron chi connectivity index (χ4n) is 1.56. The fraction of sp³-hybridized carbons (Fsp3) is 0.167. The number of benzene rings is 1. The molecule has 0 fully saturated rings. The molecule has 0 saturated carbocycles. The van der Waals surface area contributed by atoms with Crippen molar-refractivity contribution in [2.45, 2.75) is 11.4 Å². The van der Waals surface area contributed by atoms with Crippen LogP contribution in [0.3, 0.4) is 0 Å². The average molecular weight is 361 g/mol. The van der Waals surface area contributed by atoms with E-state index in [1.54, 1.807) is 23.5 Å². The smallest absolute Gasteiger partial charge is 0.175 e. The molecule has 4 nitrogen and oxygen atoms in total. The molecule has 1 aromatic carbocycles. The normalized spacial score (nSPS) is 11.5. The molecule has 19 heavy (non-hydrogen) atoms. The zero-order valence-corrected chi connectivity index (χ0v) is 13.4. The van der Waals surface area contributed by atoms with Crippen LogP contribution in [0.2, 0.25) is 0 Å². The Morgan fingerprint density at radius 1 is 1.37 bits per heavy atom. The van der Waals surface area contributed by atoms with Crippen LogP contribution in [0.25, 0.3) is 0 Å². The van der Waals surface area contributed by atoms with E-state index in [0.717, 1.165) is 21.3 Å². The van der Waals surface area contributed by atoms with Crippen LogP contribution in [0.15, 0.2) is 39.0 Å². The number of hydrogen-bond acceptors (Lipinski definition) is 5. The van der Waals surface area contributed by atoms with Gasteiger partial charge in [-0.05, 0) is 45.6 Å². The van der Waals surface area contributed by atoms with Crippen molar-refractivity contribution >= 4 is 48.5 Å². The minimum Gasteiger partial charge on any atom is -0.397 e. The second kappa shape index (κ2) is 5.52. The quantitative estimate of drug-likeness (QED) is 0.821. The van der Waals surface area contributed by atoms with Gasteiger partial charge in [0.25, 0.3) is 0 Å². The molecule has 0 aliphatic heterocycles. The van der Waals surface area contributed by atoms with Crippen LogP contribution >= 0.6 is 27.3 Å². The number of anilines is 2. The lowest BCUT2D eigenvalue weighted by Crippen LogP contribution is -2.04. The number of rotatable bonds is 4. The van der Waals surface area contributed by atoms with E-state index < -0.39 is 9.84 Å². The Hall–Kier alpha value is -1.05. The van der Waals surface area contributed by atoms with Gasteiger partial charge in [0.2, 0.25) is 0 Å². The number of nitrogen functional groups attached to an aromatic ring is 1. The maximum atomic E-state index is 11.4. The first-order valence-electron chi connectivity index (χ1n) is 5.43. The molecule has 2 aromatic rings. The summed E-state index contributed by atoms with van der Waals surface area (Å²) in [5.74, 6) is 0. The Morgan fingerprint density at radius 3 is 2.63 bits per heavy atom. The minimum absolute atomic E-state index is 0.229. The van der Waals surface area contributed by atoms with Crippen LogP contribution in [0.4, 0.5) is 11.4 Å². The molecular weight excluding hydrogens is 348 g/mol. The van der Waals surface area contributed by atoms with Gasteiger partial charge >= 0.3 is 0 Å². The van der Waals surface area contributed by atoms with Gasteiger partial charge in [0.15, 0.2) is 9.84 Å². The summed E-state index contributed by atoms with van der Waals surface area (Å²) < 4.78 is 23.9. The van der Waals surface area contributed by atoms with Crippen LogP contribution < -0.4 is 11.1 Å². The lowest BCUT2D eigenvalue weighted by molar-refractivity contribution is 0.602. The van der Waals surface area contributed by atoms with Crippen LogP contribution in [-0.4, -0.2) is 14.7 Å². The Balaban J connectivity index is 2.16. The second-order valence-electron chi connectivity index (χ2n) is 4.07. The second-order valence-corrected chi connectivity index (χ2v) is 7.94. The Kier molecular flexibility index (Phi) is 4.17. The number of sulfone groups is 1. The third-order valence-corrected chi connectivity index (χ3v) is 5.62. The molecule has 1 aromatic heterocycles. The highest BCUT2D eigenvalue weighted by Gasteiger charge is 2.09. The number of nitrogens with two attached hydrogens (primary N) is 1. The minimum atomic E-state index is -3.22. The van der Waals surface area contributed by atoms with Gasteiger partial charge < -0.3 is 11.1 Å². The first kappa shape index (κ1) is 14.4. The van der Waals surface area contributed by atoms with Gasteiger partial charge in [0, 0.05) is 15.6 Å². The number of thiophene rings is 1. The molecule has 1 heterocycles. The third-order valence-electron chi connectivity index (χ3n) is 2.58. The highest BCUT2D eigenvalue weighted by atomic mass is 79.9. The van der Waals surface area contributed by atoms with Crippen molar-refractivity contribution in [3.63, 3.8) is 0 Å².